The van der Waals surface area contributed by atoms with E-state index >= 15 is 0 Å². The highest BCUT2D eigenvalue weighted by Crippen LogP contribution is 2.24. The molecular formula is C14H12O3S. The van der Waals surface area contributed by atoms with Crippen molar-refractivity contribution in [1.29, 1.82) is 0 Å². The van der Waals surface area contributed by atoms with Crippen molar-refractivity contribution in [3.05, 3.63) is 57.8 Å². The number of rotatable bonds is 4. The maximum atomic E-state index is 12.1. The number of carboxylic acid groups (broad SMARTS) is 1. The van der Waals surface area contributed by atoms with Crippen LogP contribution in [0.5, 0.6) is 0 Å². The van der Waals surface area contributed by atoms with Crippen LogP contribution in [0.25, 0.3) is 0 Å². The van der Waals surface area contributed by atoms with Crippen molar-refractivity contribution in [2.45, 2.75) is 12.8 Å². The van der Waals surface area contributed by atoms with E-state index in [4.69, 9.17) is 5.11 Å². The zero-order chi connectivity index (χ0) is 13.1. The molecule has 1 atom stereocenters. The molecule has 0 saturated heterocycles. The Kier molecular flexibility index (Phi) is 3.58. The molecule has 0 radical (unpaired) electrons. The van der Waals surface area contributed by atoms with Gasteiger partial charge in [-0.3, -0.25) is 9.59 Å². The van der Waals surface area contributed by atoms with E-state index in [1.807, 2.05) is 18.2 Å². The van der Waals surface area contributed by atoms with Gasteiger partial charge in [0.05, 0.1) is 10.8 Å². The molecule has 1 aromatic carbocycles. The fraction of sp³-hybridized carbons (Fsp3) is 0.143. The first-order chi connectivity index (χ1) is 8.59. The first-order valence-corrected chi connectivity index (χ1v) is 6.38. The second-order valence-electron chi connectivity index (χ2n) is 4.00. The molecule has 92 valence electrons. The molecule has 0 unspecified atom stereocenters. The van der Waals surface area contributed by atoms with Gasteiger partial charge in [-0.15, -0.1) is 11.3 Å². The summed E-state index contributed by atoms with van der Waals surface area (Å²) in [4.78, 5) is 23.6. The number of carbonyl (C=O) groups is 2. The Labute approximate surface area is 109 Å². The van der Waals surface area contributed by atoms with Crippen molar-refractivity contribution in [2.24, 2.45) is 0 Å². The van der Waals surface area contributed by atoms with Crippen LogP contribution in [0.1, 0.15) is 33.6 Å². The van der Waals surface area contributed by atoms with Gasteiger partial charge in [0.15, 0.2) is 0 Å². The number of hydrogen-bond acceptors (Lipinski definition) is 3. The molecule has 0 fully saturated rings. The Bertz CT molecular complexity index is 572. The standard InChI is InChI=1S/C14H12O3S/c1-9(14(16)17)11-7-12(18-8-11)13(15)10-5-3-2-4-6-10/h2-9H,1H3,(H,16,17)/t9-/m1/s1. The average Bonchev–Trinajstić information content (AvgIpc) is 2.87. The van der Waals surface area contributed by atoms with Crippen molar-refractivity contribution in [1.82, 2.24) is 0 Å². The first-order valence-electron chi connectivity index (χ1n) is 5.50. The number of benzene rings is 1. The minimum absolute atomic E-state index is 0.0653. The van der Waals surface area contributed by atoms with E-state index in [-0.39, 0.29) is 5.78 Å². The summed E-state index contributed by atoms with van der Waals surface area (Å²) >= 11 is 1.29. The lowest BCUT2D eigenvalue weighted by Crippen LogP contribution is -2.06. The Morgan fingerprint density at radius 1 is 1.22 bits per heavy atom. The van der Waals surface area contributed by atoms with E-state index in [0.29, 0.717) is 16.0 Å². The van der Waals surface area contributed by atoms with Crippen LogP contribution in [0, 0.1) is 0 Å². The van der Waals surface area contributed by atoms with Gasteiger partial charge < -0.3 is 5.11 Å². The number of carboxylic acids is 1. The van der Waals surface area contributed by atoms with Crippen molar-refractivity contribution in [3.8, 4) is 0 Å². The summed E-state index contributed by atoms with van der Waals surface area (Å²) in [6.45, 7) is 1.61. The fourth-order valence-corrected chi connectivity index (χ4v) is 2.54. The molecule has 0 aliphatic rings. The van der Waals surface area contributed by atoms with E-state index in [1.54, 1.807) is 30.5 Å². The monoisotopic (exact) mass is 260 g/mol. The molecule has 2 aromatic rings. The molecule has 3 nitrogen and oxygen atoms in total. The number of ketones is 1. The zero-order valence-electron chi connectivity index (χ0n) is 9.79. The molecule has 18 heavy (non-hydrogen) atoms. The summed E-state index contributed by atoms with van der Waals surface area (Å²) in [5.41, 5.74) is 1.29. The third-order valence-electron chi connectivity index (χ3n) is 2.75. The highest BCUT2D eigenvalue weighted by atomic mass is 32.1. The number of aliphatic carboxylic acids is 1. The summed E-state index contributed by atoms with van der Waals surface area (Å²) < 4.78 is 0. The minimum atomic E-state index is -0.883. The van der Waals surface area contributed by atoms with Gasteiger partial charge in [0.2, 0.25) is 5.78 Å². The van der Waals surface area contributed by atoms with Crippen LogP contribution in [0.4, 0.5) is 0 Å². The third-order valence-corrected chi connectivity index (χ3v) is 3.70. The lowest BCUT2D eigenvalue weighted by molar-refractivity contribution is -0.138. The molecule has 1 aromatic heterocycles. The summed E-state index contributed by atoms with van der Waals surface area (Å²) in [6, 6.07) is 10.6. The van der Waals surface area contributed by atoms with Gasteiger partial charge in [0, 0.05) is 5.56 Å². The highest BCUT2D eigenvalue weighted by molar-refractivity contribution is 7.12. The van der Waals surface area contributed by atoms with Crippen LogP contribution >= 0.6 is 11.3 Å². The zero-order valence-corrected chi connectivity index (χ0v) is 10.6. The predicted octanol–water partition coefficient (Wildman–Crippen LogP) is 3.17. The van der Waals surface area contributed by atoms with Gasteiger partial charge in [0.25, 0.3) is 0 Å². The maximum Gasteiger partial charge on any atom is 0.310 e. The van der Waals surface area contributed by atoms with Gasteiger partial charge in [-0.05, 0) is 23.9 Å². The summed E-state index contributed by atoms with van der Waals surface area (Å²) in [5, 5.41) is 10.7. The summed E-state index contributed by atoms with van der Waals surface area (Å²) in [6.07, 6.45) is 0. The second-order valence-corrected chi connectivity index (χ2v) is 4.91. The highest BCUT2D eigenvalue weighted by Gasteiger charge is 2.18. The molecule has 2 rings (SSSR count). The van der Waals surface area contributed by atoms with E-state index in [2.05, 4.69) is 0 Å². The smallest absolute Gasteiger partial charge is 0.310 e. The second kappa shape index (κ2) is 5.14. The fourth-order valence-electron chi connectivity index (χ4n) is 1.57. The van der Waals surface area contributed by atoms with E-state index in [1.165, 1.54) is 11.3 Å². The predicted molar refractivity (Wildman–Crippen MR) is 70.2 cm³/mol. The minimum Gasteiger partial charge on any atom is -0.481 e. The number of thiophene rings is 1. The lowest BCUT2D eigenvalue weighted by Gasteiger charge is -2.01. The van der Waals surface area contributed by atoms with E-state index in [9.17, 15) is 9.59 Å². The molecule has 4 heteroatoms. The number of hydrogen-bond donors (Lipinski definition) is 1. The van der Waals surface area contributed by atoms with Crippen molar-refractivity contribution < 1.29 is 14.7 Å². The normalized spacial score (nSPS) is 12.1. The van der Waals surface area contributed by atoms with Gasteiger partial charge >= 0.3 is 5.97 Å². The Hall–Kier alpha value is -1.94. The van der Waals surface area contributed by atoms with Crippen LogP contribution in [0.3, 0.4) is 0 Å². The molecular weight excluding hydrogens is 248 g/mol. The molecule has 0 spiro atoms. The van der Waals surface area contributed by atoms with Gasteiger partial charge in [-0.25, -0.2) is 0 Å². The number of carbonyl (C=O) groups excluding carboxylic acids is 1. The summed E-state index contributed by atoms with van der Waals surface area (Å²) in [5.74, 6) is -1.53. The molecule has 0 amide bonds. The van der Waals surface area contributed by atoms with Gasteiger partial charge in [-0.2, -0.15) is 0 Å². The summed E-state index contributed by atoms with van der Waals surface area (Å²) in [7, 11) is 0. The lowest BCUT2D eigenvalue weighted by atomic mass is 10.0. The largest absolute Gasteiger partial charge is 0.481 e. The van der Waals surface area contributed by atoms with Crippen LogP contribution in [-0.4, -0.2) is 16.9 Å². The maximum absolute atomic E-state index is 12.1. The van der Waals surface area contributed by atoms with Gasteiger partial charge in [-0.1, -0.05) is 30.3 Å². The Balaban J connectivity index is 2.26. The van der Waals surface area contributed by atoms with Crippen LogP contribution in [0.15, 0.2) is 41.8 Å². The molecule has 0 aliphatic heterocycles. The van der Waals surface area contributed by atoms with Crippen molar-refractivity contribution in [2.75, 3.05) is 0 Å². The van der Waals surface area contributed by atoms with E-state index in [0.717, 1.165) is 0 Å². The molecule has 0 bridgehead atoms. The van der Waals surface area contributed by atoms with Crippen molar-refractivity contribution >= 4 is 23.1 Å². The van der Waals surface area contributed by atoms with E-state index < -0.39 is 11.9 Å². The quantitative estimate of drug-likeness (QED) is 0.859. The first kappa shape index (κ1) is 12.5. The van der Waals surface area contributed by atoms with Gasteiger partial charge in [0.1, 0.15) is 0 Å². The molecule has 1 heterocycles. The van der Waals surface area contributed by atoms with Crippen molar-refractivity contribution in [3.63, 3.8) is 0 Å². The SMILES string of the molecule is C[C@@H](C(=O)O)c1csc(C(=O)c2ccccc2)c1. The topological polar surface area (TPSA) is 54.4 Å². The molecule has 0 aliphatic carbocycles. The van der Waals surface area contributed by atoms with Crippen LogP contribution in [0.2, 0.25) is 0 Å². The third kappa shape index (κ3) is 2.49. The molecule has 0 saturated carbocycles. The van der Waals surface area contributed by atoms with Crippen LogP contribution in [-0.2, 0) is 4.79 Å². The average molecular weight is 260 g/mol. The van der Waals surface area contributed by atoms with Crippen LogP contribution < -0.4 is 0 Å². The molecule has 1 N–H and O–H groups in total. The Morgan fingerprint density at radius 2 is 1.89 bits per heavy atom. The Morgan fingerprint density at radius 3 is 2.50 bits per heavy atom.